The molecule has 0 saturated carbocycles. The van der Waals surface area contributed by atoms with Gasteiger partial charge in [0.15, 0.2) is 0 Å². The Labute approximate surface area is 82.0 Å². The maximum atomic E-state index is 5.78. The van der Waals surface area contributed by atoms with Crippen LogP contribution in [0.25, 0.3) is 11.1 Å². The second kappa shape index (κ2) is 3.27. The molecule has 1 nitrogen and oxygen atoms in total. The highest BCUT2D eigenvalue weighted by Gasteiger charge is 2.00. The highest BCUT2D eigenvalue weighted by molar-refractivity contribution is 6.30. The Morgan fingerprint density at radius 2 is 1.77 bits per heavy atom. The van der Waals surface area contributed by atoms with Gasteiger partial charge in [-0.3, -0.25) is 0 Å². The second-order valence-corrected chi connectivity index (χ2v) is 3.39. The molecule has 0 atom stereocenters. The Bertz CT molecular complexity index is 400. The van der Waals surface area contributed by atoms with Gasteiger partial charge >= 0.3 is 0 Å². The Morgan fingerprint density at radius 1 is 1.08 bits per heavy atom. The first-order valence-corrected chi connectivity index (χ1v) is 4.44. The van der Waals surface area contributed by atoms with E-state index in [1.165, 1.54) is 0 Å². The Hall–Kier alpha value is -1.21. The molecule has 0 aliphatic rings. The zero-order valence-corrected chi connectivity index (χ0v) is 8.01. The van der Waals surface area contributed by atoms with Crippen molar-refractivity contribution in [3.8, 4) is 11.1 Å². The summed E-state index contributed by atoms with van der Waals surface area (Å²) >= 11 is 5.78. The van der Waals surface area contributed by atoms with E-state index in [1.54, 1.807) is 6.26 Å². The SMILES string of the molecule is Cc1cc(-c2ccc(Cl)cc2)co1. The second-order valence-electron chi connectivity index (χ2n) is 2.95. The van der Waals surface area contributed by atoms with E-state index >= 15 is 0 Å². The number of hydrogen-bond donors (Lipinski definition) is 0. The van der Waals surface area contributed by atoms with Crippen LogP contribution in [0.15, 0.2) is 41.0 Å². The van der Waals surface area contributed by atoms with E-state index in [4.69, 9.17) is 16.0 Å². The van der Waals surface area contributed by atoms with Crippen molar-refractivity contribution in [2.75, 3.05) is 0 Å². The van der Waals surface area contributed by atoms with Crippen LogP contribution in [0.2, 0.25) is 5.02 Å². The van der Waals surface area contributed by atoms with Crippen molar-refractivity contribution in [2.24, 2.45) is 0 Å². The fourth-order valence-corrected chi connectivity index (χ4v) is 1.36. The molecule has 0 unspecified atom stereocenters. The number of aryl methyl sites for hydroxylation is 1. The first-order valence-electron chi connectivity index (χ1n) is 4.07. The Balaban J connectivity index is 2.41. The molecule has 2 heteroatoms. The minimum absolute atomic E-state index is 0.754. The average molecular weight is 193 g/mol. The number of furan rings is 1. The average Bonchev–Trinajstić information content (AvgIpc) is 2.53. The summed E-state index contributed by atoms with van der Waals surface area (Å²) in [7, 11) is 0. The maximum absolute atomic E-state index is 5.78. The standard InChI is InChI=1S/C11H9ClO/c1-8-6-10(7-13-8)9-2-4-11(12)5-3-9/h2-7H,1H3. The van der Waals surface area contributed by atoms with Gasteiger partial charge < -0.3 is 4.42 Å². The van der Waals surface area contributed by atoms with Gasteiger partial charge in [-0.05, 0) is 30.7 Å². The Kier molecular flexibility index (Phi) is 2.11. The van der Waals surface area contributed by atoms with Crippen LogP contribution in [0.5, 0.6) is 0 Å². The lowest BCUT2D eigenvalue weighted by atomic mass is 10.1. The van der Waals surface area contributed by atoms with Crippen LogP contribution in [0.4, 0.5) is 0 Å². The molecule has 0 bridgehead atoms. The molecule has 0 spiro atoms. The molecule has 66 valence electrons. The summed E-state index contributed by atoms with van der Waals surface area (Å²) in [6.07, 6.45) is 1.75. The number of rotatable bonds is 1. The molecule has 0 fully saturated rings. The normalized spacial score (nSPS) is 10.3. The van der Waals surface area contributed by atoms with Crippen molar-refractivity contribution in [3.63, 3.8) is 0 Å². The van der Waals surface area contributed by atoms with E-state index < -0.39 is 0 Å². The summed E-state index contributed by atoms with van der Waals surface area (Å²) < 4.78 is 5.22. The number of halogens is 1. The molecule has 0 aliphatic heterocycles. The minimum atomic E-state index is 0.754. The third-order valence-electron chi connectivity index (χ3n) is 1.91. The summed E-state index contributed by atoms with van der Waals surface area (Å²) in [4.78, 5) is 0. The topological polar surface area (TPSA) is 13.1 Å². The van der Waals surface area contributed by atoms with Crippen LogP contribution in [-0.4, -0.2) is 0 Å². The van der Waals surface area contributed by atoms with Gasteiger partial charge in [-0.15, -0.1) is 0 Å². The van der Waals surface area contributed by atoms with Gasteiger partial charge in [-0.25, -0.2) is 0 Å². The lowest BCUT2D eigenvalue weighted by Gasteiger charge is -1.95. The smallest absolute Gasteiger partial charge is 0.101 e. The quantitative estimate of drug-likeness (QED) is 0.668. The molecular formula is C11H9ClO. The molecule has 0 amide bonds. The largest absolute Gasteiger partial charge is 0.469 e. The molecule has 0 aliphatic carbocycles. The van der Waals surface area contributed by atoms with Crippen molar-refractivity contribution >= 4 is 11.6 Å². The van der Waals surface area contributed by atoms with Gasteiger partial charge in [0.1, 0.15) is 5.76 Å². The zero-order valence-electron chi connectivity index (χ0n) is 7.25. The molecule has 0 N–H and O–H groups in total. The van der Waals surface area contributed by atoms with Crippen molar-refractivity contribution in [1.29, 1.82) is 0 Å². The summed E-state index contributed by atoms with van der Waals surface area (Å²) in [5, 5.41) is 0.754. The summed E-state index contributed by atoms with van der Waals surface area (Å²) in [5.41, 5.74) is 2.22. The van der Waals surface area contributed by atoms with Crippen molar-refractivity contribution in [2.45, 2.75) is 6.92 Å². The fraction of sp³-hybridized carbons (Fsp3) is 0.0909. The molecule has 0 radical (unpaired) electrons. The highest BCUT2D eigenvalue weighted by Crippen LogP contribution is 2.23. The molecule has 13 heavy (non-hydrogen) atoms. The molecule has 1 aromatic carbocycles. The van der Waals surface area contributed by atoms with E-state index in [0.29, 0.717) is 0 Å². The van der Waals surface area contributed by atoms with E-state index in [9.17, 15) is 0 Å². The minimum Gasteiger partial charge on any atom is -0.469 e. The molecule has 1 heterocycles. The third kappa shape index (κ3) is 1.76. The lowest BCUT2D eigenvalue weighted by Crippen LogP contribution is -1.71. The summed E-state index contributed by atoms with van der Waals surface area (Å²) in [6.45, 7) is 1.93. The van der Waals surface area contributed by atoms with Crippen molar-refractivity contribution in [3.05, 3.63) is 47.4 Å². The molecular weight excluding hydrogens is 184 g/mol. The molecule has 1 aromatic heterocycles. The van der Waals surface area contributed by atoms with Crippen molar-refractivity contribution in [1.82, 2.24) is 0 Å². The van der Waals surface area contributed by atoms with E-state index in [1.807, 2.05) is 37.3 Å². The number of hydrogen-bond acceptors (Lipinski definition) is 1. The van der Waals surface area contributed by atoms with Gasteiger partial charge in [0.05, 0.1) is 6.26 Å². The van der Waals surface area contributed by atoms with Crippen LogP contribution in [0, 0.1) is 6.92 Å². The monoisotopic (exact) mass is 192 g/mol. The van der Waals surface area contributed by atoms with E-state index in [0.717, 1.165) is 21.9 Å². The number of benzene rings is 1. The molecule has 2 rings (SSSR count). The molecule has 2 aromatic rings. The van der Waals surface area contributed by atoms with Crippen LogP contribution in [0.3, 0.4) is 0 Å². The van der Waals surface area contributed by atoms with Crippen molar-refractivity contribution < 1.29 is 4.42 Å². The van der Waals surface area contributed by atoms with Crippen LogP contribution >= 0.6 is 11.6 Å². The van der Waals surface area contributed by atoms with Gasteiger partial charge in [0, 0.05) is 10.6 Å². The van der Waals surface area contributed by atoms with Gasteiger partial charge in [0.2, 0.25) is 0 Å². The van der Waals surface area contributed by atoms with E-state index in [2.05, 4.69) is 0 Å². The van der Waals surface area contributed by atoms with Crippen LogP contribution < -0.4 is 0 Å². The Morgan fingerprint density at radius 3 is 2.31 bits per heavy atom. The predicted octanol–water partition coefficient (Wildman–Crippen LogP) is 3.91. The predicted molar refractivity (Wildman–Crippen MR) is 53.9 cm³/mol. The highest BCUT2D eigenvalue weighted by atomic mass is 35.5. The van der Waals surface area contributed by atoms with Gasteiger partial charge in [-0.1, -0.05) is 23.7 Å². The summed E-state index contributed by atoms with van der Waals surface area (Å²) in [6, 6.07) is 9.71. The van der Waals surface area contributed by atoms with Crippen LogP contribution in [0.1, 0.15) is 5.76 Å². The zero-order chi connectivity index (χ0) is 9.26. The summed E-state index contributed by atoms with van der Waals surface area (Å²) in [5.74, 6) is 0.921. The first-order chi connectivity index (χ1) is 6.25. The van der Waals surface area contributed by atoms with E-state index in [-0.39, 0.29) is 0 Å². The fourth-order valence-electron chi connectivity index (χ4n) is 1.24. The van der Waals surface area contributed by atoms with Crippen LogP contribution in [-0.2, 0) is 0 Å². The third-order valence-corrected chi connectivity index (χ3v) is 2.16. The first kappa shape index (κ1) is 8.39. The van der Waals surface area contributed by atoms with Gasteiger partial charge in [0.25, 0.3) is 0 Å². The van der Waals surface area contributed by atoms with Gasteiger partial charge in [-0.2, -0.15) is 0 Å². The molecule has 0 saturated heterocycles. The lowest BCUT2D eigenvalue weighted by molar-refractivity contribution is 0.535. The maximum Gasteiger partial charge on any atom is 0.101 e.